The van der Waals surface area contributed by atoms with Gasteiger partial charge in [-0.1, -0.05) is 35.5 Å². The van der Waals surface area contributed by atoms with E-state index in [-0.39, 0.29) is 5.82 Å². The second-order valence-electron chi connectivity index (χ2n) is 7.68. The van der Waals surface area contributed by atoms with Crippen LogP contribution in [0.3, 0.4) is 0 Å². The summed E-state index contributed by atoms with van der Waals surface area (Å²) < 4.78 is 18.5. The Labute approximate surface area is 160 Å². The Kier molecular flexibility index (Phi) is 5.83. The van der Waals surface area contributed by atoms with Crippen molar-refractivity contribution in [2.24, 2.45) is 5.92 Å². The van der Waals surface area contributed by atoms with Crippen molar-refractivity contribution in [3.8, 4) is 0 Å². The van der Waals surface area contributed by atoms with Gasteiger partial charge in [0.15, 0.2) is 5.58 Å². The van der Waals surface area contributed by atoms with Crippen LogP contribution in [0.25, 0.3) is 11.0 Å². The maximum Gasteiger partial charge on any atom is 0.170 e. The molecule has 3 nitrogen and oxygen atoms in total. The van der Waals surface area contributed by atoms with Gasteiger partial charge in [-0.05, 0) is 75.2 Å². The van der Waals surface area contributed by atoms with Gasteiger partial charge < -0.3 is 9.42 Å². The van der Waals surface area contributed by atoms with Crippen LogP contribution in [-0.2, 0) is 12.8 Å². The van der Waals surface area contributed by atoms with Crippen LogP contribution in [0.5, 0.6) is 0 Å². The largest absolute Gasteiger partial charge is 0.356 e. The minimum absolute atomic E-state index is 0.274. The van der Waals surface area contributed by atoms with Crippen molar-refractivity contribution in [2.75, 3.05) is 19.6 Å². The molecule has 4 heteroatoms. The molecule has 0 saturated carbocycles. The normalized spacial score (nSPS) is 16.2. The molecule has 142 valence electrons. The molecule has 0 N–H and O–H groups in total. The van der Waals surface area contributed by atoms with Gasteiger partial charge in [0.1, 0.15) is 5.82 Å². The molecule has 1 aliphatic heterocycles. The smallest absolute Gasteiger partial charge is 0.170 e. The summed E-state index contributed by atoms with van der Waals surface area (Å²) in [4.78, 5) is 2.60. The third-order valence-corrected chi connectivity index (χ3v) is 5.80. The Balaban J connectivity index is 1.18. The Morgan fingerprint density at radius 1 is 1.04 bits per heavy atom. The molecule has 0 unspecified atom stereocenters. The van der Waals surface area contributed by atoms with E-state index >= 15 is 0 Å². The molecule has 27 heavy (non-hydrogen) atoms. The number of benzene rings is 2. The monoisotopic (exact) mass is 366 g/mol. The van der Waals surface area contributed by atoms with Crippen molar-refractivity contribution in [1.82, 2.24) is 10.1 Å². The molecule has 1 aromatic heterocycles. The van der Waals surface area contributed by atoms with Crippen LogP contribution in [-0.4, -0.2) is 29.7 Å². The Morgan fingerprint density at radius 2 is 1.85 bits per heavy atom. The van der Waals surface area contributed by atoms with E-state index in [1.807, 2.05) is 0 Å². The number of aryl methyl sites for hydroxylation is 1. The van der Waals surface area contributed by atoms with Gasteiger partial charge >= 0.3 is 0 Å². The van der Waals surface area contributed by atoms with E-state index in [9.17, 15) is 4.39 Å². The first-order valence-corrected chi connectivity index (χ1v) is 10.1. The third kappa shape index (κ3) is 4.75. The minimum Gasteiger partial charge on any atom is -0.356 e. The average molecular weight is 366 g/mol. The van der Waals surface area contributed by atoms with E-state index in [1.54, 1.807) is 6.07 Å². The fourth-order valence-corrected chi connectivity index (χ4v) is 4.13. The highest BCUT2D eigenvalue weighted by atomic mass is 19.1. The minimum atomic E-state index is -0.274. The lowest BCUT2D eigenvalue weighted by Gasteiger charge is -2.32. The summed E-state index contributed by atoms with van der Waals surface area (Å²) >= 11 is 0. The second kappa shape index (κ2) is 8.66. The Hall–Kier alpha value is -2.20. The molecule has 0 bridgehead atoms. The van der Waals surface area contributed by atoms with Crippen LogP contribution in [0.4, 0.5) is 4.39 Å². The molecule has 0 aliphatic carbocycles. The summed E-state index contributed by atoms with van der Waals surface area (Å²) in [5, 5.41) is 5.09. The van der Waals surface area contributed by atoms with Gasteiger partial charge in [-0.15, -0.1) is 0 Å². The molecule has 1 fully saturated rings. The molecule has 4 rings (SSSR count). The number of hydrogen-bond acceptors (Lipinski definition) is 3. The molecule has 0 amide bonds. The molecule has 2 aromatic carbocycles. The second-order valence-corrected chi connectivity index (χ2v) is 7.68. The van der Waals surface area contributed by atoms with Gasteiger partial charge in [-0.2, -0.15) is 0 Å². The van der Waals surface area contributed by atoms with Crippen LogP contribution in [0, 0.1) is 11.7 Å². The average Bonchev–Trinajstić information content (AvgIpc) is 3.10. The highest BCUT2D eigenvalue weighted by Crippen LogP contribution is 2.25. The summed E-state index contributed by atoms with van der Waals surface area (Å²) in [5.41, 5.74) is 2.95. The number of likely N-dealkylation sites (tertiary alicyclic amines) is 1. The fourth-order valence-electron chi connectivity index (χ4n) is 4.13. The lowest BCUT2D eigenvalue weighted by Crippen LogP contribution is -2.35. The van der Waals surface area contributed by atoms with E-state index in [0.717, 1.165) is 42.8 Å². The van der Waals surface area contributed by atoms with Gasteiger partial charge in [-0.3, -0.25) is 0 Å². The number of rotatable bonds is 7. The first-order chi connectivity index (χ1) is 13.3. The fraction of sp³-hybridized carbons (Fsp3) is 0.435. The maximum atomic E-state index is 13.2. The van der Waals surface area contributed by atoms with Gasteiger partial charge in [0, 0.05) is 18.0 Å². The number of piperidine rings is 1. The summed E-state index contributed by atoms with van der Waals surface area (Å²) in [6, 6.07) is 15.4. The SMILES string of the molecule is Fc1ccc2c(CCCC3CCN(CCc4ccccc4)CC3)noc2c1. The van der Waals surface area contributed by atoms with Crippen LogP contribution in [0.1, 0.15) is 36.9 Å². The van der Waals surface area contributed by atoms with E-state index in [0.29, 0.717) is 5.58 Å². The topological polar surface area (TPSA) is 29.3 Å². The van der Waals surface area contributed by atoms with E-state index < -0.39 is 0 Å². The van der Waals surface area contributed by atoms with Gasteiger partial charge in [0.05, 0.1) is 5.69 Å². The summed E-state index contributed by atoms with van der Waals surface area (Å²) in [6.07, 6.45) is 6.99. The van der Waals surface area contributed by atoms with Gasteiger partial charge in [0.2, 0.25) is 0 Å². The molecule has 0 spiro atoms. The van der Waals surface area contributed by atoms with Crippen molar-refractivity contribution in [2.45, 2.75) is 38.5 Å². The summed E-state index contributed by atoms with van der Waals surface area (Å²) in [6.45, 7) is 3.59. The quantitative estimate of drug-likeness (QED) is 0.572. The number of nitrogens with zero attached hydrogens (tertiary/aromatic N) is 2. The number of hydrogen-bond donors (Lipinski definition) is 0. The van der Waals surface area contributed by atoms with Gasteiger partial charge in [-0.25, -0.2) is 4.39 Å². The van der Waals surface area contributed by atoms with Crippen LogP contribution in [0.2, 0.25) is 0 Å². The molecule has 1 saturated heterocycles. The zero-order valence-corrected chi connectivity index (χ0v) is 15.7. The molecule has 1 aliphatic rings. The van der Waals surface area contributed by atoms with Gasteiger partial charge in [0.25, 0.3) is 0 Å². The molecule has 3 aromatic rings. The molecule has 0 radical (unpaired) electrons. The molecule has 0 atom stereocenters. The van der Waals surface area contributed by atoms with Crippen molar-refractivity contribution in [1.29, 1.82) is 0 Å². The molecule has 2 heterocycles. The van der Waals surface area contributed by atoms with Crippen molar-refractivity contribution in [3.05, 3.63) is 65.6 Å². The zero-order valence-electron chi connectivity index (χ0n) is 15.7. The van der Waals surface area contributed by atoms with Crippen LogP contribution in [0.15, 0.2) is 53.1 Å². The zero-order chi connectivity index (χ0) is 18.5. The summed E-state index contributed by atoms with van der Waals surface area (Å²) in [5.74, 6) is 0.540. The maximum absolute atomic E-state index is 13.2. The Bertz CT molecular complexity index is 853. The first-order valence-electron chi connectivity index (χ1n) is 10.1. The highest BCUT2D eigenvalue weighted by Gasteiger charge is 2.19. The van der Waals surface area contributed by atoms with E-state index in [2.05, 4.69) is 40.4 Å². The van der Waals surface area contributed by atoms with Crippen molar-refractivity contribution < 1.29 is 8.91 Å². The standard InChI is InChI=1S/C23H27FN2O/c24-20-9-10-21-22(25-27-23(21)17-20)8-4-7-19-12-15-26(16-13-19)14-11-18-5-2-1-3-6-18/h1-3,5-6,9-10,17,19H,4,7-8,11-16H2. The lowest BCUT2D eigenvalue weighted by molar-refractivity contribution is 0.179. The lowest BCUT2D eigenvalue weighted by atomic mass is 9.91. The highest BCUT2D eigenvalue weighted by molar-refractivity contribution is 5.79. The summed E-state index contributed by atoms with van der Waals surface area (Å²) in [7, 11) is 0. The third-order valence-electron chi connectivity index (χ3n) is 5.80. The molecular formula is C23H27FN2O. The van der Waals surface area contributed by atoms with Crippen LogP contribution >= 0.6 is 0 Å². The predicted octanol–water partition coefficient (Wildman–Crippen LogP) is 5.24. The number of fused-ring (bicyclic) bond motifs is 1. The predicted molar refractivity (Wildman–Crippen MR) is 106 cm³/mol. The Morgan fingerprint density at radius 3 is 2.67 bits per heavy atom. The van der Waals surface area contributed by atoms with E-state index in [1.165, 1.54) is 50.0 Å². The number of halogens is 1. The van der Waals surface area contributed by atoms with Crippen molar-refractivity contribution in [3.63, 3.8) is 0 Å². The van der Waals surface area contributed by atoms with E-state index in [4.69, 9.17) is 4.52 Å². The molecular weight excluding hydrogens is 339 g/mol. The number of aromatic nitrogens is 1. The van der Waals surface area contributed by atoms with Crippen LogP contribution < -0.4 is 0 Å². The van der Waals surface area contributed by atoms with Crippen molar-refractivity contribution >= 4 is 11.0 Å². The first kappa shape index (κ1) is 18.2.